The van der Waals surface area contributed by atoms with Crippen molar-refractivity contribution in [2.75, 3.05) is 7.05 Å². The predicted octanol–water partition coefficient (Wildman–Crippen LogP) is 2.23. The zero-order chi connectivity index (χ0) is 14.7. The Kier molecular flexibility index (Phi) is 4.44. The minimum atomic E-state index is 0.372. The molecule has 0 radical (unpaired) electrons. The first kappa shape index (κ1) is 14.4. The van der Waals surface area contributed by atoms with Gasteiger partial charge in [0.25, 0.3) is 0 Å². The maximum atomic E-state index is 5.88. The number of aliphatic imine (C=N–C) groups is 1. The third-order valence-electron chi connectivity index (χ3n) is 4.60. The van der Waals surface area contributed by atoms with Crippen LogP contribution in [0.4, 0.5) is 0 Å². The van der Waals surface area contributed by atoms with Crippen LogP contribution in [0.1, 0.15) is 37.3 Å². The van der Waals surface area contributed by atoms with Gasteiger partial charge >= 0.3 is 0 Å². The molecule has 0 saturated carbocycles. The lowest BCUT2D eigenvalue weighted by Crippen LogP contribution is -2.47. The van der Waals surface area contributed by atoms with Crippen molar-refractivity contribution >= 4 is 5.96 Å². The van der Waals surface area contributed by atoms with Gasteiger partial charge in [0.15, 0.2) is 5.96 Å². The van der Waals surface area contributed by atoms with Crippen molar-refractivity contribution in [3.63, 3.8) is 0 Å². The second-order valence-corrected chi connectivity index (χ2v) is 5.91. The molecule has 3 atom stereocenters. The number of rotatable bonds is 4. The number of aryl methyl sites for hydroxylation is 1. The normalized spacial score (nSPS) is 27.9. The van der Waals surface area contributed by atoms with Crippen LogP contribution in [0.5, 0.6) is 0 Å². The fourth-order valence-electron chi connectivity index (χ4n) is 3.41. The second-order valence-electron chi connectivity index (χ2n) is 5.91. The topological polar surface area (TPSA) is 45.7 Å². The SMILES string of the molecule is CCc1ccccc1CNC(=NC)NC1CC2CCC1O2. The van der Waals surface area contributed by atoms with E-state index in [9.17, 15) is 0 Å². The quantitative estimate of drug-likeness (QED) is 0.659. The van der Waals surface area contributed by atoms with E-state index in [0.717, 1.165) is 25.3 Å². The molecule has 2 N–H and O–H groups in total. The molecule has 2 bridgehead atoms. The average molecular weight is 287 g/mol. The zero-order valence-electron chi connectivity index (χ0n) is 12.9. The van der Waals surface area contributed by atoms with E-state index in [2.05, 4.69) is 46.8 Å². The third kappa shape index (κ3) is 3.21. The molecule has 1 aromatic rings. The second kappa shape index (κ2) is 6.48. The standard InChI is InChI=1S/C17H25N3O/c1-3-12-6-4-5-7-13(12)11-19-17(18-2)20-15-10-14-8-9-16(15)21-14/h4-7,14-16H,3,8-11H2,1-2H3,(H2,18,19,20). The fraction of sp³-hybridized carbons (Fsp3) is 0.588. The van der Waals surface area contributed by atoms with Gasteiger partial charge in [0, 0.05) is 13.6 Å². The molecular weight excluding hydrogens is 262 g/mol. The van der Waals surface area contributed by atoms with Gasteiger partial charge in [-0.05, 0) is 36.8 Å². The molecule has 3 rings (SSSR count). The Labute approximate surface area is 127 Å². The van der Waals surface area contributed by atoms with Gasteiger partial charge in [0.1, 0.15) is 0 Å². The maximum Gasteiger partial charge on any atom is 0.191 e. The molecule has 114 valence electrons. The summed E-state index contributed by atoms with van der Waals surface area (Å²) in [6.45, 7) is 3.00. The van der Waals surface area contributed by atoms with Gasteiger partial charge in [-0.15, -0.1) is 0 Å². The molecule has 1 aromatic carbocycles. The van der Waals surface area contributed by atoms with Crippen molar-refractivity contribution in [3.05, 3.63) is 35.4 Å². The summed E-state index contributed by atoms with van der Waals surface area (Å²) in [5.74, 6) is 0.877. The minimum Gasteiger partial charge on any atom is -0.373 e. The van der Waals surface area contributed by atoms with E-state index in [1.807, 2.05) is 7.05 Å². The molecule has 2 heterocycles. The van der Waals surface area contributed by atoms with Crippen molar-refractivity contribution in [1.82, 2.24) is 10.6 Å². The lowest BCUT2D eigenvalue weighted by molar-refractivity contribution is 0.0992. The Morgan fingerprint density at radius 1 is 1.29 bits per heavy atom. The maximum absolute atomic E-state index is 5.88. The number of fused-ring (bicyclic) bond motifs is 2. The first-order valence-electron chi connectivity index (χ1n) is 7.99. The van der Waals surface area contributed by atoms with Gasteiger partial charge in [-0.25, -0.2) is 0 Å². The van der Waals surface area contributed by atoms with Crippen LogP contribution in [-0.4, -0.2) is 31.3 Å². The lowest BCUT2D eigenvalue weighted by atomic mass is 9.96. The van der Waals surface area contributed by atoms with Crippen LogP contribution in [-0.2, 0) is 17.7 Å². The molecular formula is C17H25N3O. The third-order valence-corrected chi connectivity index (χ3v) is 4.60. The Balaban J connectivity index is 1.55. The van der Waals surface area contributed by atoms with Gasteiger partial charge in [-0.3, -0.25) is 4.99 Å². The first-order chi connectivity index (χ1) is 10.3. The van der Waals surface area contributed by atoms with Crippen LogP contribution in [0, 0.1) is 0 Å². The highest BCUT2D eigenvalue weighted by atomic mass is 16.5. The van der Waals surface area contributed by atoms with E-state index >= 15 is 0 Å². The Hall–Kier alpha value is -1.55. The van der Waals surface area contributed by atoms with Crippen LogP contribution in [0.25, 0.3) is 0 Å². The highest BCUT2D eigenvalue weighted by molar-refractivity contribution is 5.80. The molecule has 0 aromatic heterocycles. The van der Waals surface area contributed by atoms with Crippen LogP contribution < -0.4 is 10.6 Å². The van der Waals surface area contributed by atoms with Crippen molar-refractivity contribution in [2.24, 2.45) is 4.99 Å². The van der Waals surface area contributed by atoms with E-state index in [-0.39, 0.29) is 0 Å². The summed E-state index contributed by atoms with van der Waals surface area (Å²) in [6.07, 6.45) is 5.40. The highest BCUT2D eigenvalue weighted by Crippen LogP contribution is 2.34. The summed E-state index contributed by atoms with van der Waals surface area (Å²) in [7, 11) is 1.83. The number of nitrogens with one attached hydrogen (secondary N) is 2. The van der Waals surface area contributed by atoms with E-state index in [1.54, 1.807) is 0 Å². The molecule has 0 spiro atoms. The molecule has 2 saturated heterocycles. The van der Waals surface area contributed by atoms with Gasteiger partial charge in [0.2, 0.25) is 0 Å². The van der Waals surface area contributed by atoms with Crippen LogP contribution in [0.2, 0.25) is 0 Å². The number of hydrogen-bond donors (Lipinski definition) is 2. The van der Waals surface area contributed by atoms with Crippen molar-refractivity contribution in [2.45, 2.75) is 57.4 Å². The van der Waals surface area contributed by atoms with E-state index in [4.69, 9.17) is 4.74 Å². The fourth-order valence-corrected chi connectivity index (χ4v) is 3.41. The molecule has 4 nitrogen and oxygen atoms in total. The molecule has 2 aliphatic rings. The minimum absolute atomic E-state index is 0.372. The highest BCUT2D eigenvalue weighted by Gasteiger charge is 2.41. The van der Waals surface area contributed by atoms with E-state index in [1.165, 1.54) is 24.0 Å². The Bertz CT molecular complexity index is 515. The summed E-state index contributed by atoms with van der Waals surface area (Å²) < 4.78 is 5.88. The number of nitrogens with zero attached hydrogens (tertiary/aromatic N) is 1. The van der Waals surface area contributed by atoms with Crippen molar-refractivity contribution in [1.29, 1.82) is 0 Å². The van der Waals surface area contributed by atoms with E-state index < -0.39 is 0 Å². The summed E-state index contributed by atoms with van der Waals surface area (Å²) >= 11 is 0. The number of guanidine groups is 1. The van der Waals surface area contributed by atoms with E-state index in [0.29, 0.717) is 18.2 Å². The molecule has 0 aliphatic carbocycles. The monoisotopic (exact) mass is 287 g/mol. The molecule has 2 aliphatic heterocycles. The van der Waals surface area contributed by atoms with Crippen molar-refractivity contribution in [3.8, 4) is 0 Å². The average Bonchev–Trinajstić information content (AvgIpc) is 3.14. The van der Waals surface area contributed by atoms with Gasteiger partial charge in [0.05, 0.1) is 18.2 Å². The van der Waals surface area contributed by atoms with Gasteiger partial charge < -0.3 is 15.4 Å². The van der Waals surface area contributed by atoms with Crippen molar-refractivity contribution < 1.29 is 4.74 Å². The molecule has 21 heavy (non-hydrogen) atoms. The molecule has 3 unspecified atom stereocenters. The molecule has 4 heteroatoms. The smallest absolute Gasteiger partial charge is 0.191 e. The first-order valence-corrected chi connectivity index (χ1v) is 7.99. The summed E-state index contributed by atoms with van der Waals surface area (Å²) in [4.78, 5) is 4.34. The Morgan fingerprint density at radius 2 is 2.10 bits per heavy atom. The molecule has 2 fully saturated rings. The Morgan fingerprint density at radius 3 is 2.71 bits per heavy atom. The summed E-state index contributed by atoms with van der Waals surface area (Å²) in [6, 6.07) is 8.98. The summed E-state index contributed by atoms with van der Waals surface area (Å²) in [5.41, 5.74) is 2.73. The predicted molar refractivity (Wildman–Crippen MR) is 85.5 cm³/mol. The lowest BCUT2D eigenvalue weighted by Gasteiger charge is -2.23. The zero-order valence-corrected chi connectivity index (χ0v) is 12.9. The summed E-state index contributed by atoms with van der Waals surface area (Å²) in [5, 5.41) is 6.95. The van der Waals surface area contributed by atoms with Crippen LogP contribution >= 0.6 is 0 Å². The number of benzene rings is 1. The van der Waals surface area contributed by atoms with Crippen LogP contribution in [0.3, 0.4) is 0 Å². The number of ether oxygens (including phenoxy) is 1. The molecule has 0 amide bonds. The van der Waals surface area contributed by atoms with Crippen LogP contribution in [0.15, 0.2) is 29.3 Å². The number of hydrogen-bond acceptors (Lipinski definition) is 2. The largest absolute Gasteiger partial charge is 0.373 e. The van der Waals surface area contributed by atoms with Gasteiger partial charge in [-0.2, -0.15) is 0 Å². The van der Waals surface area contributed by atoms with Gasteiger partial charge in [-0.1, -0.05) is 31.2 Å².